The van der Waals surface area contributed by atoms with Gasteiger partial charge in [-0.3, -0.25) is 0 Å². The summed E-state index contributed by atoms with van der Waals surface area (Å²) in [4.78, 5) is 11.0. The first-order valence-corrected chi connectivity index (χ1v) is 6.62. The first kappa shape index (κ1) is 13.6. The largest absolute Gasteiger partial charge is 0.473 e. The van der Waals surface area contributed by atoms with Gasteiger partial charge in [-0.1, -0.05) is 32.4 Å². The number of likely N-dealkylation sites (N-methyl/N-ethyl adjacent to an activating group) is 1. The average molecular weight is 270 g/mol. The minimum atomic E-state index is -0.129. The van der Waals surface area contributed by atoms with E-state index in [9.17, 15) is 0 Å². The Morgan fingerprint density at radius 1 is 1.39 bits per heavy atom. The van der Waals surface area contributed by atoms with Crippen LogP contribution in [0.3, 0.4) is 0 Å². The zero-order chi connectivity index (χ0) is 13.3. The first-order valence-electron chi connectivity index (χ1n) is 6.25. The van der Waals surface area contributed by atoms with Crippen molar-refractivity contribution in [2.24, 2.45) is 0 Å². The van der Waals surface area contributed by atoms with Gasteiger partial charge in [0.25, 0.3) is 0 Å². The minimum Gasteiger partial charge on any atom is -0.473 e. The third-order valence-corrected chi connectivity index (χ3v) is 3.17. The van der Waals surface area contributed by atoms with Crippen molar-refractivity contribution in [3.8, 4) is 5.88 Å². The molecule has 0 aromatic carbocycles. The van der Waals surface area contributed by atoms with Crippen LogP contribution in [0.4, 0.5) is 0 Å². The van der Waals surface area contributed by atoms with Gasteiger partial charge in [0.2, 0.25) is 5.88 Å². The number of ether oxygens (including phenoxy) is 1. The molecule has 0 aliphatic carbocycles. The Morgan fingerprint density at radius 3 is 2.67 bits per heavy atom. The number of hydrogen-bond donors (Lipinski definition) is 0. The van der Waals surface area contributed by atoms with Gasteiger partial charge in [-0.15, -0.1) is 0 Å². The second kappa shape index (κ2) is 5.02. The zero-order valence-corrected chi connectivity index (χ0v) is 12.2. The molecule has 0 N–H and O–H groups in total. The Bertz CT molecular complexity index is 431. The summed E-state index contributed by atoms with van der Waals surface area (Å²) in [7, 11) is 2.09. The average Bonchev–Trinajstić information content (AvgIpc) is 2.61. The lowest BCUT2D eigenvalue weighted by atomic mass is 9.96. The van der Waals surface area contributed by atoms with E-state index in [1.165, 1.54) is 0 Å². The van der Waals surface area contributed by atoms with Gasteiger partial charge in [0.05, 0.1) is 0 Å². The quantitative estimate of drug-likeness (QED) is 0.774. The van der Waals surface area contributed by atoms with Crippen LogP contribution in [-0.2, 0) is 5.41 Å². The van der Waals surface area contributed by atoms with Crippen molar-refractivity contribution in [1.82, 2.24) is 14.9 Å². The smallest absolute Gasteiger partial charge is 0.218 e. The molecule has 100 valence electrons. The molecule has 1 saturated heterocycles. The van der Waals surface area contributed by atoms with Gasteiger partial charge >= 0.3 is 0 Å². The van der Waals surface area contributed by atoms with E-state index >= 15 is 0 Å². The molecule has 0 amide bonds. The minimum absolute atomic E-state index is 0.129. The van der Waals surface area contributed by atoms with Crippen LogP contribution in [0, 0.1) is 0 Å². The van der Waals surface area contributed by atoms with Crippen LogP contribution in [0.25, 0.3) is 0 Å². The molecule has 5 heteroatoms. The molecule has 0 bridgehead atoms. The topological polar surface area (TPSA) is 38.2 Å². The van der Waals surface area contributed by atoms with Crippen molar-refractivity contribution in [2.75, 3.05) is 20.1 Å². The van der Waals surface area contributed by atoms with Gasteiger partial charge in [-0.25, -0.2) is 4.98 Å². The lowest BCUT2D eigenvalue weighted by Gasteiger charge is -2.19. The highest BCUT2D eigenvalue weighted by Gasteiger charge is 2.23. The van der Waals surface area contributed by atoms with Gasteiger partial charge in [0.15, 0.2) is 0 Å². The van der Waals surface area contributed by atoms with E-state index in [4.69, 9.17) is 16.3 Å². The molecule has 2 rings (SSSR count). The van der Waals surface area contributed by atoms with Gasteiger partial charge in [0.1, 0.15) is 17.1 Å². The molecule has 1 aliphatic rings. The van der Waals surface area contributed by atoms with E-state index in [1.807, 2.05) is 0 Å². The molecule has 18 heavy (non-hydrogen) atoms. The van der Waals surface area contributed by atoms with Gasteiger partial charge in [-0.2, -0.15) is 4.98 Å². The van der Waals surface area contributed by atoms with E-state index < -0.39 is 0 Å². The summed E-state index contributed by atoms with van der Waals surface area (Å²) < 4.78 is 5.89. The van der Waals surface area contributed by atoms with Gasteiger partial charge in [-0.05, 0) is 13.5 Å². The summed E-state index contributed by atoms with van der Waals surface area (Å²) in [5.74, 6) is 1.30. The fraction of sp³-hybridized carbons (Fsp3) is 0.692. The third kappa shape index (κ3) is 3.33. The van der Waals surface area contributed by atoms with E-state index in [1.54, 1.807) is 6.07 Å². The molecule has 1 aliphatic heterocycles. The van der Waals surface area contributed by atoms with E-state index in [-0.39, 0.29) is 11.5 Å². The molecule has 1 fully saturated rings. The van der Waals surface area contributed by atoms with E-state index in [0.29, 0.717) is 11.0 Å². The lowest BCUT2D eigenvalue weighted by Crippen LogP contribution is -2.23. The number of rotatable bonds is 2. The standard InChI is InChI=1S/C13H20ClN3O/c1-13(2,3)12-15-10(14)7-11(16-12)18-9-5-6-17(4)8-9/h7,9H,5-6,8H2,1-4H3. The predicted octanol–water partition coefficient (Wildman–Crippen LogP) is 2.51. The second-order valence-corrected chi connectivity index (χ2v) is 6.28. The number of nitrogens with zero attached hydrogens (tertiary/aromatic N) is 3. The summed E-state index contributed by atoms with van der Waals surface area (Å²) in [6.07, 6.45) is 1.23. The maximum absolute atomic E-state index is 6.03. The third-order valence-electron chi connectivity index (χ3n) is 2.98. The van der Waals surface area contributed by atoms with Crippen LogP contribution in [0.1, 0.15) is 33.0 Å². The van der Waals surface area contributed by atoms with Crippen molar-refractivity contribution in [1.29, 1.82) is 0 Å². The normalized spacial score (nSPS) is 21.3. The number of aromatic nitrogens is 2. The zero-order valence-electron chi connectivity index (χ0n) is 11.4. The maximum atomic E-state index is 6.03. The summed E-state index contributed by atoms with van der Waals surface area (Å²) in [5, 5.41) is 0.441. The molecule has 4 nitrogen and oxygen atoms in total. The summed E-state index contributed by atoms with van der Waals surface area (Å²) in [6.45, 7) is 8.19. The lowest BCUT2D eigenvalue weighted by molar-refractivity contribution is 0.198. The maximum Gasteiger partial charge on any atom is 0.218 e. The highest BCUT2D eigenvalue weighted by molar-refractivity contribution is 6.29. The van der Waals surface area contributed by atoms with E-state index in [0.717, 1.165) is 25.3 Å². The van der Waals surface area contributed by atoms with Crippen LogP contribution in [-0.4, -0.2) is 41.1 Å². The Morgan fingerprint density at radius 2 is 2.11 bits per heavy atom. The number of halogens is 1. The van der Waals surface area contributed by atoms with Crippen LogP contribution in [0.15, 0.2) is 6.07 Å². The Balaban J connectivity index is 2.15. The molecular formula is C13H20ClN3O. The SMILES string of the molecule is CN1CCC(Oc2cc(Cl)nc(C(C)(C)C)n2)C1. The molecule has 1 aromatic rings. The summed E-state index contributed by atoms with van der Waals surface area (Å²) in [6, 6.07) is 1.69. The highest BCUT2D eigenvalue weighted by Crippen LogP contribution is 2.24. The Labute approximate surface area is 113 Å². The number of likely N-dealkylation sites (tertiary alicyclic amines) is 1. The fourth-order valence-electron chi connectivity index (χ4n) is 1.95. The number of hydrogen-bond acceptors (Lipinski definition) is 4. The molecule has 0 spiro atoms. The van der Waals surface area contributed by atoms with E-state index in [2.05, 4.69) is 42.7 Å². The highest BCUT2D eigenvalue weighted by atomic mass is 35.5. The Hall–Kier alpha value is -0.870. The molecule has 1 atom stereocenters. The molecule has 1 unspecified atom stereocenters. The molecule has 0 saturated carbocycles. The molecular weight excluding hydrogens is 250 g/mol. The van der Waals surface area contributed by atoms with Crippen molar-refractivity contribution in [3.05, 3.63) is 17.0 Å². The van der Waals surface area contributed by atoms with Crippen LogP contribution < -0.4 is 4.74 Å². The van der Waals surface area contributed by atoms with Gasteiger partial charge < -0.3 is 9.64 Å². The predicted molar refractivity (Wildman–Crippen MR) is 72.3 cm³/mol. The molecule has 1 aromatic heterocycles. The second-order valence-electron chi connectivity index (χ2n) is 5.89. The first-order chi connectivity index (χ1) is 8.34. The van der Waals surface area contributed by atoms with Crippen molar-refractivity contribution >= 4 is 11.6 Å². The van der Waals surface area contributed by atoms with Crippen molar-refractivity contribution < 1.29 is 4.74 Å². The van der Waals surface area contributed by atoms with Gasteiger partial charge in [0, 0.05) is 24.6 Å². The Kier molecular flexibility index (Phi) is 3.78. The monoisotopic (exact) mass is 269 g/mol. The molecule has 2 heterocycles. The van der Waals surface area contributed by atoms with Crippen molar-refractivity contribution in [3.63, 3.8) is 0 Å². The van der Waals surface area contributed by atoms with Crippen molar-refractivity contribution in [2.45, 2.75) is 38.7 Å². The summed E-state index contributed by atoms with van der Waals surface area (Å²) in [5.41, 5.74) is -0.129. The summed E-state index contributed by atoms with van der Waals surface area (Å²) >= 11 is 6.03. The van der Waals surface area contributed by atoms with Crippen LogP contribution in [0.5, 0.6) is 5.88 Å². The van der Waals surface area contributed by atoms with Crippen LogP contribution >= 0.6 is 11.6 Å². The van der Waals surface area contributed by atoms with Crippen LogP contribution in [0.2, 0.25) is 5.15 Å². The molecule has 0 radical (unpaired) electrons. The fourth-order valence-corrected chi connectivity index (χ4v) is 2.13.